The number of nitrogens with zero attached hydrogens (tertiary/aromatic N) is 3. The highest BCUT2D eigenvalue weighted by Crippen LogP contribution is 2.17. The molecule has 0 radical (unpaired) electrons. The number of benzene rings is 1. The monoisotopic (exact) mass is 399 g/mol. The lowest BCUT2D eigenvalue weighted by molar-refractivity contribution is 0.282. The van der Waals surface area contributed by atoms with Crippen molar-refractivity contribution in [2.75, 3.05) is 0 Å². The molecule has 2 aromatic heterocycles. The average Bonchev–Trinajstić information content (AvgIpc) is 2.77. The molecular formula is C24H25N5O. The van der Waals surface area contributed by atoms with Gasteiger partial charge in [-0.25, -0.2) is 4.68 Å². The summed E-state index contributed by atoms with van der Waals surface area (Å²) >= 11 is 0. The number of aromatic nitrogens is 3. The second kappa shape index (κ2) is 9.71. The lowest BCUT2D eigenvalue weighted by atomic mass is 10.1. The van der Waals surface area contributed by atoms with E-state index in [2.05, 4.69) is 10.1 Å². The van der Waals surface area contributed by atoms with E-state index >= 15 is 0 Å². The topological polar surface area (TPSA) is 98.6 Å². The van der Waals surface area contributed by atoms with Crippen LogP contribution >= 0.6 is 0 Å². The van der Waals surface area contributed by atoms with Crippen molar-refractivity contribution < 1.29 is 5.11 Å². The van der Waals surface area contributed by atoms with Crippen molar-refractivity contribution in [2.45, 2.75) is 26.9 Å². The van der Waals surface area contributed by atoms with Crippen LogP contribution in [0, 0.1) is 17.7 Å². The third kappa shape index (κ3) is 5.04. The molecule has 0 atom stereocenters. The van der Waals surface area contributed by atoms with E-state index in [9.17, 15) is 5.11 Å². The highest BCUT2D eigenvalue weighted by Gasteiger charge is 2.08. The lowest BCUT2D eigenvalue weighted by Crippen LogP contribution is -2.29. The molecule has 2 heterocycles. The van der Waals surface area contributed by atoms with Gasteiger partial charge in [0.1, 0.15) is 11.3 Å². The molecule has 6 nitrogen and oxygen atoms in total. The second-order valence-electron chi connectivity index (χ2n) is 6.90. The van der Waals surface area contributed by atoms with Gasteiger partial charge in [0.15, 0.2) is 0 Å². The third-order valence-corrected chi connectivity index (χ3v) is 4.77. The molecule has 0 spiro atoms. The van der Waals surface area contributed by atoms with Crippen LogP contribution in [0.2, 0.25) is 0 Å². The molecule has 0 fully saturated rings. The van der Waals surface area contributed by atoms with Crippen molar-refractivity contribution in [2.24, 2.45) is 0 Å². The number of pyridine rings is 1. The van der Waals surface area contributed by atoms with E-state index in [0.717, 1.165) is 28.0 Å². The Morgan fingerprint density at radius 1 is 1.13 bits per heavy atom. The molecule has 30 heavy (non-hydrogen) atoms. The quantitative estimate of drug-likeness (QED) is 0.331. The minimum atomic E-state index is -0.0122. The van der Waals surface area contributed by atoms with Gasteiger partial charge < -0.3 is 5.11 Å². The van der Waals surface area contributed by atoms with Gasteiger partial charge in [0.2, 0.25) is 0 Å². The SMILES string of the molecule is C/C=C(\C=C/c1ncccc1C)CC(=N)n1nc(-c2ccc(CO)cc2)ccc1=N. The maximum Gasteiger partial charge on any atom is 0.148 e. The molecule has 0 aliphatic heterocycles. The molecule has 0 saturated heterocycles. The van der Waals surface area contributed by atoms with Gasteiger partial charge in [0.25, 0.3) is 0 Å². The van der Waals surface area contributed by atoms with E-state index in [-0.39, 0.29) is 17.9 Å². The van der Waals surface area contributed by atoms with Crippen LogP contribution in [0.25, 0.3) is 17.3 Å². The summed E-state index contributed by atoms with van der Waals surface area (Å²) < 4.78 is 1.35. The van der Waals surface area contributed by atoms with Gasteiger partial charge in [0, 0.05) is 18.2 Å². The fourth-order valence-corrected chi connectivity index (χ4v) is 2.95. The molecule has 152 valence electrons. The summed E-state index contributed by atoms with van der Waals surface area (Å²) in [7, 11) is 0. The van der Waals surface area contributed by atoms with Crippen LogP contribution in [-0.4, -0.2) is 25.7 Å². The summed E-state index contributed by atoms with van der Waals surface area (Å²) in [6.45, 7) is 3.92. The molecule has 3 aromatic rings. The van der Waals surface area contributed by atoms with Crippen molar-refractivity contribution in [1.29, 1.82) is 10.8 Å². The first-order valence-corrected chi connectivity index (χ1v) is 9.69. The Labute approximate surface area is 175 Å². The molecule has 0 unspecified atom stereocenters. The summed E-state index contributed by atoms with van der Waals surface area (Å²) in [6, 6.07) is 14.7. The smallest absolute Gasteiger partial charge is 0.148 e. The van der Waals surface area contributed by atoms with E-state index < -0.39 is 0 Å². The molecule has 0 bridgehead atoms. The maximum atomic E-state index is 9.20. The first-order valence-electron chi connectivity index (χ1n) is 9.69. The van der Waals surface area contributed by atoms with Gasteiger partial charge in [-0.05, 0) is 54.8 Å². The average molecular weight is 399 g/mol. The number of hydrogen-bond donors (Lipinski definition) is 3. The third-order valence-electron chi connectivity index (χ3n) is 4.77. The van der Waals surface area contributed by atoms with E-state index in [4.69, 9.17) is 10.8 Å². The standard InChI is InChI=1S/C24H25N5O/c1-3-18(8-11-21-17(2)5-4-14-27-21)15-24(26)29-23(25)13-12-22(28-29)20-9-6-19(16-30)7-10-20/h3-14,25-26,30H,15-16H2,1-2H3/b11-8-,18-3+,25-23?,26-24?. The number of aliphatic hydroxyl groups is 1. The number of hydrogen-bond acceptors (Lipinski definition) is 5. The first kappa shape index (κ1) is 21.1. The normalized spacial score (nSPS) is 11.8. The zero-order valence-electron chi connectivity index (χ0n) is 17.1. The molecule has 0 saturated carbocycles. The van der Waals surface area contributed by atoms with Crippen molar-refractivity contribution in [3.63, 3.8) is 0 Å². The summed E-state index contributed by atoms with van der Waals surface area (Å²) in [6.07, 6.45) is 7.94. The number of aliphatic hydroxyl groups excluding tert-OH is 1. The van der Waals surface area contributed by atoms with Crippen LogP contribution < -0.4 is 5.49 Å². The predicted molar refractivity (Wildman–Crippen MR) is 119 cm³/mol. The molecule has 6 heteroatoms. The largest absolute Gasteiger partial charge is 0.392 e. The van der Waals surface area contributed by atoms with Crippen LogP contribution in [0.5, 0.6) is 0 Å². The Balaban J connectivity index is 1.81. The molecule has 3 N–H and O–H groups in total. The Bertz CT molecular complexity index is 1160. The Kier molecular flexibility index (Phi) is 6.83. The molecular weight excluding hydrogens is 374 g/mol. The number of nitrogens with one attached hydrogen (secondary N) is 2. The Morgan fingerprint density at radius 3 is 2.57 bits per heavy atom. The summed E-state index contributed by atoms with van der Waals surface area (Å²) in [4.78, 5) is 4.36. The second-order valence-corrected chi connectivity index (χ2v) is 6.90. The van der Waals surface area contributed by atoms with Crippen LogP contribution in [-0.2, 0) is 6.61 Å². The highest BCUT2D eigenvalue weighted by molar-refractivity contribution is 5.84. The zero-order valence-corrected chi connectivity index (χ0v) is 17.1. The Hall–Kier alpha value is -3.64. The van der Waals surface area contributed by atoms with E-state index in [1.807, 2.05) is 68.5 Å². The minimum absolute atomic E-state index is 0.0122. The van der Waals surface area contributed by atoms with Crippen molar-refractivity contribution >= 4 is 11.9 Å². The zero-order chi connectivity index (χ0) is 21.5. The minimum Gasteiger partial charge on any atom is -0.392 e. The van der Waals surface area contributed by atoms with Gasteiger partial charge >= 0.3 is 0 Å². The first-order chi connectivity index (χ1) is 14.5. The van der Waals surface area contributed by atoms with Crippen molar-refractivity contribution in [1.82, 2.24) is 14.8 Å². The fraction of sp³-hybridized carbons (Fsp3) is 0.167. The van der Waals surface area contributed by atoms with Crippen LogP contribution in [0.3, 0.4) is 0 Å². The van der Waals surface area contributed by atoms with E-state index in [1.54, 1.807) is 18.3 Å². The van der Waals surface area contributed by atoms with E-state index in [1.165, 1.54) is 4.68 Å². The van der Waals surface area contributed by atoms with Crippen molar-refractivity contribution in [3.8, 4) is 11.3 Å². The maximum absolute atomic E-state index is 9.20. The lowest BCUT2D eigenvalue weighted by Gasteiger charge is -2.10. The predicted octanol–water partition coefficient (Wildman–Crippen LogP) is 4.10. The van der Waals surface area contributed by atoms with Gasteiger partial charge in [-0.2, -0.15) is 5.10 Å². The highest BCUT2D eigenvalue weighted by atomic mass is 16.3. The van der Waals surface area contributed by atoms with Gasteiger partial charge in [-0.3, -0.25) is 15.8 Å². The van der Waals surface area contributed by atoms with Crippen LogP contribution in [0.4, 0.5) is 0 Å². The van der Waals surface area contributed by atoms with Crippen molar-refractivity contribution in [3.05, 3.63) is 94.8 Å². The molecule has 0 amide bonds. The summed E-state index contributed by atoms with van der Waals surface area (Å²) in [5, 5.41) is 30.4. The molecule has 3 rings (SSSR count). The summed E-state index contributed by atoms with van der Waals surface area (Å²) in [5.41, 5.74) is 5.43. The molecule has 0 aliphatic rings. The number of allylic oxidation sites excluding steroid dienone is 3. The van der Waals surface area contributed by atoms with Gasteiger partial charge in [-0.1, -0.05) is 42.5 Å². The van der Waals surface area contributed by atoms with Gasteiger partial charge in [-0.15, -0.1) is 0 Å². The molecule has 1 aromatic carbocycles. The molecule has 0 aliphatic carbocycles. The fourth-order valence-electron chi connectivity index (χ4n) is 2.95. The number of aryl methyl sites for hydroxylation is 1. The van der Waals surface area contributed by atoms with Gasteiger partial charge in [0.05, 0.1) is 18.0 Å². The number of rotatable bonds is 6. The Morgan fingerprint density at radius 2 is 1.90 bits per heavy atom. The van der Waals surface area contributed by atoms with E-state index in [0.29, 0.717) is 12.1 Å². The van der Waals surface area contributed by atoms with Crippen LogP contribution in [0.15, 0.2) is 72.5 Å². The van der Waals surface area contributed by atoms with Crippen LogP contribution in [0.1, 0.15) is 30.2 Å². The summed E-state index contributed by atoms with van der Waals surface area (Å²) in [5.74, 6) is 0.212.